The number of esters is 1. The van der Waals surface area contributed by atoms with E-state index in [1.54, 1.807) is 17.5 Å². The van der Waals surface area contributed by atoms with Gasteiger partial charge in [-0.15, -0.1) is 11.3 Å². The maximum atomic E-state index is 10.9. The van der Waals surface area contributed by atoms with Crippen LogP contribution in [-0.4, -0.2) is 18.9 Å². The van der Waals surface area contributed by atoms with Gasteiger partial charge < -0.3 is 4.74 Å². The standard InChI is InChI=1S/C7H5O3S/c8-3-4-10-7(9)6-2-1-5-11-6/h1-2,5H,4H2. The molecule has 0 N–H and O–H groups in total. The van der Waals surface area contributed by atoms with E-state index in [1.165, 1.54) is 17.6 Å². The molecule has 0 spiro atoms. The molecule has 4 heteroatoms. The topological polar surface area (TPSA) is 43.4 Å². The number of hydrogen-bond acceptors (Lipinski definition) is 4. The predicted octanol–water partition coefficient (Wildman–Crippen LogP) is 1.01. The number of rotatable bonds is 3. The average Bonchev–Trinajstić information content (AvgIpc) is 2.52. The molecule has 3 nitrogen and oxygen atoms in total. The van der Waals surface area contributed by atoms with Crippen LogP contribution in [0.1, 0.15) is 9.67 Å². The normalized spacial score (nSPS) is 9.09. The summed E-state index contributed by atoms with van der Waals surface area (Å²) in [5.41, 5.74) is 0. The fraction of sp³-hybridized carbons (Fsp3) is 0.143. The largest absolute Gasteiger partial charge is 0.453 e. The summed E-state index contributed by atoms with van der Waals surface area (Å²) in [6, 6.07) is 3.38. The fourth-order valence-electron chi connectivity index (χ4n) is 0.561. The van der Waals surface area contributed by atoms with Gasteiger partial charge in [-0.2, -0.15) is 0 Å². The van der Waals surface area contributed by atoms with Crippen molar-refractivity contribution in [3.63, 3.8) is 0 Å². The molecule has 0 atom stereocenters. The Morgan fingerprint density at radius 2 is 2.55 bits per heavy atom. The second-order valence-corrected chi connectivity index (χ2v) is 2.65. The van der Waals surface area contributed by atoms with E-state index in [2.05, 4.69) is 4.74 Å². The highest BCUT2D eigenvalue weighted by Gasteiger charge is 2.06. The molecule has 1 rings (SSSR count). The van der Waals surface area contributed by atoms with Gasteiger partial charge in [0, 0.05) is 0 Å². The number of thiophene rings is 1. The molecule has 0 unspecified atom stereocenters. The first-order valence-corrected chi connectivity index (χ1v) is 3.78. The molecular formula is C7H5O3S. The van der Waals surface area contributed by atoms with E-state index in [1.807, 2.05) is 0 Å². The van der Waals surface area contributed by atoms with Crippen LogP contribution in [0.4, 0.5) is 0 Å². The Hall–Kier alpha value is -1.16. The maximum Gasteiger partial charge on any atom is 0.348 e. The van der Waals surface area contributed by atoms with Crippen LogP contribution in [0.15, 0.2) is 17.5 Å². The minimum Gasteiger partial charge on any atom is -0.453 e. The Balaban J connectivity index is 2.49. The first kappa shape index (κ1) is 7.94. The van der Waals surface area contributed by atoms with Gasteiger partial charge >= 0.3 is 5.97 Å². The van der Waals surface area contributed by atoms with Gasteiger partial charge in [0.1, 0.15) is 4.88 Å². The summed E-state index contributed by atoms with van der Waals surface area (Å²) in [6.45, 7) is -0.295. The summed E-state index contributed by atoms with van der Waals surface area (Å²) in [5.74, 6) is -0.469. The molecule has 0 aliphatic carbocycles. The zero-order valence-corrected chi connectivity index (χ0v) is 6.39. The molecule has 0 saturated heterocycles. The Bertz CT molecular complexity index is 240. The van der Waals surface area contributed by atoms with Crippen LogP contribution in [0.5, 0.6) is 0 Å². The van der Waals surface area contributed by atoms with Crippen molar-refractivity contribution in [2.75, 3.05) is 6.61 Å². The van der Waals surface area contributed by atoms with Crippen LogP contribution >= 0.6 is 11.3 Å². The third-order valence-electron chi connectivity index (χ3n) is 0.985. The van der Waals surface area contributed by atoms with Crippen LogP contribution in [0.25, 0.3) is 0 Å². The van der Waals surface area contributed by atoms with E-state index >= 15 is 0 Å². The molecule has 1 aromatic heterocycles. The van der Waals surface area contributed by atoms with Crippen LogP contribution in [0.2, 0.25) is 0 Å². The Labute approximate surface area is 67.6 Å². The van der Waals surface area contributed by atoms with Gasteiger partial charge in [0.25, 0.3) is 0 Å². The predicted molar refractivity (Wildman–Crippen MR) is 40.3 cm³/mol. The first-order chi connectivity index (χ1) is 5.34. The van der Waals surface area contributed by atoms with Crippen molar-refractivity contribution in [1.29, 1.82) is 0 Å². The molecule has 0 amide bonds. The van der Waals surface area contributed by atoms with Gasteiger partial charge in [0.2, 0.25) is 6.29 Å². The highest BCUT2D eigenvalue weighted by atomic mass is 32.1. The third kappa shape index (κ3) is 2.16. The second kappa shape index (κ2) is 3.88. The third-order valence-corrected chi connectivity index (χ3v) is 1.83. The molecule has 57 valence electrons. The van der Waals surface area contributed by atoms with E-state index in [9.17, 15) is 9.59 Å². The monoisotopic (exact) mass is 169 g/mol. The summed E-state index contributed by atoms with van der Waals surface area (Å²) >= 11 is 1.28. The molecule has 0 bridgehead atoms. The number of carbonyl (C=O) groups excluding carboxylic acids is 2. The van der Waals surface area contributed by atoms with Crippen molar-refractivity contribution < 1.29 is 14.3 Å². The summed E-state index contributed by atoms with van der Waals surface area (Å²) < 4.78 is 4.48. The summed E-state index contributed by atoms with van der Waals surface area (Å²) in [6.07, 6.45) is 1.47. The maximum absolute atomic E-state index is 10.9. The number of ether oxygens (including phenoxy) is 1. The lowest BCUT2D eigenvalue weighted by atomic mass is 10.5. The molecule has 11 heavy (non-hydrogen) atoms. The van der Waals surface area contributed by atoms with E-state index < -0.39 is 5.97 Å². The summed E-state index contributed by atoms with van der Waals surface area (Å²) in [7, 11) is 0. The zero-order valence-electron chi connectivity index (χ0n) is 5.57. The van der Waals surface area contributed by atoms with Gasteiger partial charge in [-0.25, -0.2) is 4.79 Å². The fourth-order valence-corrected chi connectivity index (χ4v) is 1.18. The van der Waals surface area contributed by atoms with Gasteiger partial charge in [0.05, 0.1) is 0 Å². The minimum atomic E-state index is -0.469. The molecule has 0 aliphatic rings. The molecule has 0 fully saturated rings. The summed E-state index contributed by atoms with van der Waals surface area (Å²) in [4.78, 5) is 21.1. The van der Waals surface area contributed by atoms with Crippen molar-refractivity contribution in [3.8, 4) is 0 Å². The van der Waals surface area contributed by atoms with Crippen molar-refractivity contribution in [3.05, 3.63) is 22.4 Å². The lowest BCUT2D eigenvalue weighted by Crippen LogP contribution is -2.04. The smallest absolute Gasteiger partial charge is 0.348 e. The Morgan fingerprint density at radius 1 is 1.73 bits per heavy atom. The van der Waals surface area contributed by atoms with Gasteiger partial charge in [0.15, 0.2) is 6.61 Å². The van der Waals surface area contributed by atoms with Crippen molar-refractivity contribution in [2.24, 2.45) is 0 Å². The van der Waals surface area contributed by atoms with Crippen LogP contribution in [-0.2, 0) is 9.53 Å². The second-order valence-electron chi connectivity index (χ2n) is 1.70. The van der Waals surface area contributed by atoms with Gasteiger partial charge in [-0.1, -0.05) is 6.07 Å². The van der Waals surface area contributed by atoms with Crippen LogP contribution < -0.4 is 0 Å². The van der Waals surface area contributed by atoms with E-state index in [4.69, 9.17) is 0 Å². The minimum absolute atomic E-state index is 0.295. The molecule has 0 aliphatic heterocycles. The number of carbonyl (C=O) groups is 1. The van der Waals surface area contributed by atoms with Crippen molar-refractivity contribution in [1.82, 2.24) is 0 Å². The molecule has 1 aromatic rings. The van der Waals surface area contributed by atoms with Gasteiger partial charge in [-0.05, 0) is 11.4 Å². The molecule has 1 radical (unpaired) electrons. The van der Waals surface area contributed by atoms with Crippen LogP contribution in [0, 0.1) is 0 Å². The van der Waals surface area contributed by atoms with Crippen molar-refractivity contribution in [2.45, 2.75) is 0 Å². The van der Waals surface area contributed by atoms with E-state index in [0.29, 0.717) is 4.88 Å². The average molecular weight is 169 g/mol. The quantitative estimate of drug-likeness (QED) is 0.634. The highest BCUT2D eigenvalue weighted by Crippen LogP contribution is 2.09. The Kier molecular flexibility index (Phi) is 2.80. The molecule has 0 saturated carbocycles. The molecule has 0 aromatic carbocycles. The Morgan fingerprint density at radius 3 is 3.09 bits per heavy atom. The van der Waals surface area contributed by atoms with Crippen molar-refractivity contribution >= 4 is 23.6 Å². The lowest BCUT2D eigenvalue weighted by Gasteiger charge is -1.94. The lowest BCUT2D eigenvalue weighted by molar-refractivity contribution is 0.0567. The van der Waals surface area contributed by atoms with Crippen LogP contribution in [0.3, 0.4) is 0 Å². The molecular weight excluding hydrogens is 164 g/mol. The first-order valence-electron chi connectivity index (χ1n) is 2.90. The molecule has 1 heterocycles. The number of hydrogen-bond donors (Lipinski definition) is 0. The van der Waals surface area contributed by atoms with E-state index in [0.717, 1.165) is 0 Å². The SMILES string of the molecule is O=[C]COC(=O)c1cccs1. The van der Waals surface area contributed by atoms with Gasteiger partial charge in [-0.3, -0.25) is 4.79 Å². The zero-order chi connectivity index (χ0) is 8.10. The highest BCUT2D eigenvalue weighted by molar-refractivity contribution is 7.11. The van der Waals surface area contributed by atoms with E-state index in [-0.39, 0.29) is 6.61 Å². The summed E-state index contributed by atoms with van der Waals surface area (Å²) in [5, 5.41) is 1.77.